The van der Waals surface area contributed by atoms with Crippen LogP contribution in [-0.2, 0) is 6.42 Å². The van der Waals surface area contributed by atoms with E-state index in [0.717, 1.165) is 43.6 Å². The zero-order valence-electron chi connectivity index (χ0n) is 15.1. The van der Waals surface area contributed by atoms with Gasteiger partial charge in [-0.3, -0.25) is 9.69 Å². The van der Waals surface area contributed by atoms with Crippen LogP contribution < -0.4 is 10.5 Å². The summed E-state index contributed by atoms with van der Waals surface area (Å²) in [5.41, 5.74) is 6.48. The summed E-state index contributed by atoms with van der Waals surface area (Å²) in [5, 5.41) is 2.67. The van der Waals surface area contributed by atoms with Crippen LogP contribution in [0.15, 0.2) is 23.6 Å². The Morgan fingerprint density at radius 2 is 2.27 bits per heavy atom. The number of carbonyl (C=O) groups is 1. The maximum atomic E-state index is 14.0. The Hall–Kier alpha value is -1.99. The Balaban J connectivity index is 1.68. The zero-order chi connectivity index (χ0) is 18.7. The van der Waals surface area contributed by atoms with Crippen molar-refractivity contribution in [1.82, 2.24) is 9.88 Å². The molecule has 0 aliphatic carbocycles. The van der Waals surface area contributed by atoms with Crippen LogP contribution in [0.3, 0.4) is 0 Å². The van der Waals surface area contributed by atoms with Gasteiger partial charge in [-0.15, -0.1) is 0 Å². The van der Waals surface area contributed by atoms with Crippen LogP contribution in [0, 0.1) is 12.7 Å². The average Bonchev–Trinajstić information content (AvgIpc) is 2.98. The standard InChI is InChI=1S/C19H24FN3O2S/c1-13-12-26-18(22-13)25-19(2)8-3-4-9-23(19)10-7-14-5-6-15(17(21)24)16(20)11-14/h5-6,11-12H,3-4,7-10H2,1-2H3,(H2,21,24). The number of rotatable bonds is 6. The number of amides is 1. The molecule has 1 amide bonds. The highest BCUT2D eigenvalue weighted by atomic mass is 32.1. The Morgan fingerprint density at radius 3 is 2.92 bits per heavy atom. The Morgan fingerprint density at radius 1 is 1.46 bits per heavy atom. The first-order chi connectivity index (χ1) is 12.4. The maximum Gasteiger partial charge on any atom is 0.275 e. The topological polar surface area (TPSA) is 68.5 Å². The van der Waals surface area contributed by atoms with Crippen molar-refractivity contribution in [3.8, 4) is 5.19 Å². The number of primary amides is 1. The monoisotopic (exact) mass is 377 g/mol. The number of hydrogen-bond acceptors (Lipinski definition) is 5. The van der Waals surface area contributed by atoms with Crippen molar-refractivity contribution in [3.63, 3.8) is 0 Å². The first kappa shape index (κ1) is 18.8. The molecule has 2 aromatic rings. The van der Waals surface area contributed by atoms with E-state index in [2.05, 4.69) is 16.8 Å². The number of halogens is 1. The van der Waals surface area contributed by atoms with Crippen molar-refractivity contribution in [2.75, 3.05) is 13.1 Å². The normalized spacial score (nSPS) is 20.9. The van der Waals surface area contributed by atoms with Crippen LogP contribution >= 0.6 is 11.3 Å². The number of piperidine rings is 1. The fraction of sp³-hybridized carbons (Fsp3) is 0.474. The molecule has 0 radical (unpaired) electrons. The van der Waals surface area contributed by atoms with Crippen LogP contribution in [0.5, 0.6) is 5.19 Å². The van der Waals surface area contributed by atoms with Gasteiger partial charge >= 0.3 is 0 Å². The number of ether oxygens (including phenoxy) is 1. The molecule has 3 rings (SSSR count). The summed E-state index contributed by atoms with van der Waals surface area (Å²) in [6.45, 7) is 5.73. The number of carbonyl (C=O) groups excluding carboxylic acids is 1. The molecule has 2 heterocycles. The largest absolute Gasteiger partial charge is 0.448 e. The number of likely N-dealkylation sites (tertiary alicyclic amines) is 1. The van der Waals surface area contributed by atoms with E-state index in [4.69, 9.17) is 10.5 Å². The third-order valence-electron chi connectivity index (χ3n) is 4.86. The quantitative estimate of drug-likeness (QED) is 0.836. The van der Waals surface area contributed by atoms with E-state index in [-0.39, 0.29) is 5.56 Å². The number of thiazole rings is 1. The van der Waals surface area contributed by atoms with Crippen LogP contribution in [0.4, 0.5) is 4.39 Å². The highest BCUT2D eigenvalue weighted by molar-refractivity contribution is 7.11. The summed E-state index contributed by atoms with van der Waals surface area (Å²) in [5.74, 6) is -1.31. The number of nitrogens with two attached hydrogens (primary N) is 1. The first-order valence-corrected chi connectivity index (χ1v) is 9.70. The van der Waals surface area contributed by atoms with Crippen LogP contribution in [0.1, 0.15) is 47.8 Å². The van der Waals surface area contributed by atoms with Crippen molar-refractivity contribution < 1.29 is 13.9 Å². The third-order valence-corrected chi connectivity index (χ3v) is 5.70. The van der Waals surface area contributed by atoms with Gasteiger partial charge < -0.3 is 10.5 Å². The van der Waals surface area contributed by atoms with Crippen LogP contribution in [0.25, 0.3) is 0 Å². The molecule has 1 saturated heterocycles. The van der Waals surface area contributed by atoms with Gasteiger partial charge in [0.2, 0.25) is 0 Å². The SMILES string of the molecule is Cc1csc(OC2(C)CCCCN2CCc2ccc(C(N)=O)c(F)c2)n1. The molecule has 0 spiro atoms. The molecule has 5 nitrogen and oxygen atoms in total. The van der Waals surface area contributed by atoms with Gasteiger partial charge in [-0.2, -0.15) is 0 Å². The van der Waals surface area contributed by atoms with Crippen molar-refractivity contribution in [2.45, 2.75) is 45.3 Å². The summed E-state index contributed by atoms with van der Waals surface area (Å²) in [6.07, 6.45) is 3.83. The Labute approximate surface area is 157 Å². The molecule has 140 valence electrons. The molecule has 2 N–H and O–H groups in total. The molecular formula is C19H24FN3O2S. The van der Waals surface area contributed by atoms with Gasteiger partial charge in [0, 0.05) is 24.9 Å². The predicted molar refractivity (Wildman–Crippen MR) is 99.9 cm³/mol. The van der Waals surface area contributed by atoms with Gasteiger partial charge in [0.15, 0.2) is 5.72 Å². The number of aryl methyl sites for hydroxylation is 1. The van der Waals surface area contributed by atoms with Crippen molar-refractivity contribution in [2.24, 2.45) is 5.73 Å². The van der Waals surface area contributed by atoms with E-state index >= 15 is 0 Å². The molecule has 1 aromatic heterocycles. The molecule has 1 unspecified atom stereocenters. The fourth-order valence-corrected chi connectivity index (χ4v) is 4.11. The first-order valence-electron chi connectivity index (χ1n) is 8.82. The van der Waals surface area contributed by atoms with Gasteiger partial charge in [-0.1, -0.05) is 17.4 Å². The molecule has 0 saturated carbocycles. The molecule has 1 aromatic carbocycles. The summed E-state index contributed by atoms with van der Waals surface area (Å²) in [6, 6.07) is 4.61. The highest BCUT2D eigenvalue weighted by Gasteiger charge is 2.37. The number of hydrogen-bond donors (Lipinski definition) is 1. The predicted octanol–water partition coefficient (Wildman–Crippen LogP) is 3.51. The van der Waals surface area contributed by atoms with Crippen molar-refractivity contribution in [1.29, 1.82) is 0 Å². The van der Waals surface area contributed by atoms with E-state index in [1.54, 1.807) is 6.07 Å². The van der Waals surface area contributed by atoms with Crippen molar-refractivity contribution in [3.05, 3.63) is 46.2 Å². The fourth-order valence-electron chi connectivity index (χ4n) is 3.36. The molecule has 1 aliphatic rings. The smallest absolute Gasteiger partial charge is 0.275 e. The minimum absolute atomic E-state index is 0.0703. The van der Waals surface area contributed by atoms with E-state index in [9.17, 15) is 9.18 Å². The molecule has 1 aliphatic heterocycles. The van der Waals surface area contributed by atoms with Crippen LogP contribution in [-0.4, -0.2) is 34.6 Å². The van der Waals surface area contributed by atoms with Gasteiger partial charge in [0.05, 0.1) is 11.3 Å². The minimum Gasteiger partial charge on any atom is -0.448 e. The number of benzene rings is 1. The highest BCUT2D eigenvalue weighted by Crippen LogP contribution is 2.32. The minimum atomic E-state index is -0.746. The van der Waals surface area contributed by atoms with E-state index in [1.165, 1.54) is 23.5 Å². The lowest BCUT2D eigenvalue weighted by Gasteiger charge is -2.44. The van der Waals surface area contributed by atoms with Gasteiger partial charge in [-0.05, 0) is 50.8 Å². The molecular weight excluding hydrogens is 353 g/mol. The summed E-state index contributed by atoms with van der Waals surface area (Å²) >= 11 is 1.51. The second kappa shape index (κ2) is 7.72. The number of aromatic nitrogens is 1. The lowest BCUT2D eigenvalue weighted by molar-refractivity contribution is -0.0953. The Kier molecular flexibility index (Phi) is 5.58. The molecule has 1 fully saturated rings. The summed E-state index contributed by atoms with van der Waals surface area (Å²) < 4.78 is 20.2. The molecule has 26 heavy (non-hydrogen) atoms. The van der Waals surface area contributed by atoms with Gasteiger partial charge in [-0.25, -0.2) is 9.37 Å². The average molecular weight is 377 g/mol. The lowest BCUT2D eigenvalue weighted by Crippen LogP contribution is -2.54. The van der Waals surface area contributed by atoms with Gasteiger partial charge in [0.1, 0.15) is 5.82 Å². The zero-order valence-corrected chi connectivity index (χ0v) is 15.9. The maximum absolute atomic E-state index is 14.0. The van der Waals surface area contributed by atoms with E-state index in [0.29, 0.717) is 11.6 Å². The van der Waals surface area contributed by atoms with Gasteiger partial charge in [0.25, 0.3) is 11.1 Å². The summed E-state index contributed by atoms with van der Waals surface area (Å²) in [7, 11) is 0. The van der Waals surface area contributed by atoms with E-state index in [1.807, 2.05) is 12.3 Å². The molecule has 1 atom stereocenters. The molecule has 0 bridgehead atoms. The van der Waals surface area contributed by atoms with Crippen molar-refractivity contribution >= 4 is 17.2 Å². The second-order valence-corrected chi connectivity index (χ2v) is 7.73. The number of nitrogens with zero attached hydrogens (tertiary/aromatic N) is 2. The third kappa shape index (κ3) is 4.22. The lowest BCUT2D eigenvalue weighted by atomic mass is 9.98. The summed E-state index contributed by atoms with van der Waals surface area (Å²) in [4.78, 5) is 17.9. The van der Waals surface area contributed by atoms with E-state index < -0.39 is 17.4 Å². The Bertz CT molecular complexity index is 795. The van der Waals surface area contributed by atoms with Crippen LogP contribution in [0.2, 0.25) is 0 Å². The molecule has 7 heteroatoms. The second-order valence-electron chi connectivity index (χ2n) is 6.90.